The number of carbonyl (C=O) groups excluding carboxylic acids is 9. The maximum Gasteiger partial charge on any atom is 0.325 e. The first-order chi connectivity index (χ1) is 33.1. The lowest BCUT2D eigenvalue weighted by Gasteiger charge is -2.32. The summed E-state index contributed by atoms with van der Waals surface area (Å²) < 4.78 is 0. The summed E-state index contributed by atoms with van der Waals surface area (Å²) in [6, 6.07) is -13.4. The lowest BCUT2D eigenvalue weighted by Crippen LogP contribution is -2.62. The number of guanidine groups is 1. The number of aliphatic hydroxyl groups excluding tert-OH is 3. The molecule has 27 nitrogen and oxygen atoms in total. The molecule has 1 heterocycles. The van der Waals surface area contributed by atoms with Gasteiger partial charge in [0.25, 0.3) is 0 Å². The third kappa shape index (κ3) is 21.4. The molecule has 0 saturated carbocycles. The number of rotatable bonds is 30. The van der Waals surface area contributed by atoms with E-state index in [0.29, 0.717) is 6.42 Å². The molecule has 404 valence electrons. The number of nitrogens with one attached hydrogen (secondary N) is 8. The van der Waals surface area contributed by atoms with Gasteiger partial charge in [-0.15, -0.1) is 0 Å². The highest BCUT2D eigenvalue weighted by Crippen LogP contribution is 2.22. The predicted molar refractivity (Wildman–Crippen MR) is 257 cm³/mol. The minimum Gasteiger partial charge on any atom is -0.480 e. The number of nitrogens with two attached hydrogens (primary N) is 3. The fourth-order valence-electron chi connectivity index (χ4n) is 7.25. The van der Waals surface area contributed by atoms with Crippen LogP contribution in [0.5, 0.6) is 0 Å². The van der Waals surface area contributed by atoms with E-state index >= 15 is 0 Å². The van der Waals surface area contributed by atoms with Crippen LogP contribution in [0.15, 0.2) is 4.99 Å². The zero-order valence-corrected chi connectivity index (χ0v) is 42.2. The standard InChI is InChI=1S/C44H79N13O14/c1-20(2)16-28(37(64)50-24(8)43(70)71)52-41(68)33(25(9)60)56-34(61)23(7)49-38(65)30(19-59)54-40(67)32(22(5)6)55-39(66)31-13-11-15-57(31)42(69)29(17-21(3)4)53-36(63)27(12-10-14-48-44(46)47)51-35(62)26(45)18-58/h20-33,58-60H,10-19,45H2,1-9H3,(H,49,65)(H,50,64)(H,51,62)(H,52,68)(H,53,63)(H,54,67)(H,55,66)(H,56,61)(H,70,71)(H4,46,47,48)/t23-,24-,25+,26-,27-,28-,29-,30-,31-,32-,33-/m0/s1. The molecule has 0 aliphatic carbocycles. The van der Waals surface area contributed by atoms with E-state index in [1.54, 1.807) is 27.7 Å². The minimum atomic E-state index is -1.67. The topological polar surface area (TPSA) is 442 Å². The Labute approximate surface area is 413 Å². The summed E-state index contributed by atoms with van der Waals surface area (Å²) >= 11 is 0. The van der Waals surface area contributed by atoms with Crippen LogP contribution in [0.4, 0.5) is 0 Å². The van der Waals surface area contributed by atoms with Crippen molar-refractivity contribution >= 4 is 65.1 Å². The van der Waals surface area contributed by atoms with Crippen molar-refractivity contribution in [1.29, 1.82) is 0 Å². The number of hydrogen-bond donors (Lipinski definition) is 15. The van der Waals surface area contributed by atoms with E-state index in [0.717, 1.165) is 0 Å². The average molecular weight is 1010 g/mol. The molecule has 0 unspecified atom stereocenters. The van der Waals surface area contributed by atoms with Crippen molar-refractivity contribution in [2.75, 3.05) is 26.3 Å². The molecule has 0 aromatic heterocycles. The summed E-state index contributed by atoms with van der Waals surface area (Å²) in [7, 11) is 0. The average Bonchev–Trinajstić information content (AvgIpc) is 3.78. The zero-order chi connectivity index (χ0) is 54.4. The largest absolute Gasteiger partial charge is 0.480 e. The van der Waals surface area contributed by atoms with Crippen LogP contribution in [0, 0.1) is 17.8 Å². The van der Waals surface area contributed by atoms with Crippen molar-refractivity contribution < 1.29 is 68.4 Å². The Morgan fingerprint density at radius 2 is 1.11 bits per heavy atom. The van der Waals surface area contributed by atoms with Gasteiger partial charge in [0.05, 0.1) is 19.3 Å². The van der Waals surface area contributed by atoms with Crippen LogP contribution in [0.25, 0.3) is 0 Å². The number of aliphatic hydroxyl groups is 3. The fraction of sp³-hybridized carbons (Fsp3) is 0.750. The fourth-order valence-corrected chi connectivity index (χ4v) is 7.25. The number of carboxylic acids is 1. The lowest BCUT2D eigenvalue weighted by molar-refractivity contribution is -0.143. The number of likely N-dealkylation sites (tertiary alicyclic amines) is 1. The van der Waals surface area contributed by atoms with Gasteiger partial charge in [0, 0.05) is 13.1 Å². The van der Waals surface area contributed by atoms with Crippen molar-refractivity contribution in [3.63, 3.8) is 0 Å². The third-order valence-corrected chi connectivity index (χ3v) is 11.2. The summed E-state index contributed by atoms with van der Waals surface area (Å²) in [4.78, 5) is 137. The molecule has 1 fully saturated rings. The van der Waals surface area contributed by atoms with Crippen LogP contribution in [0.1, 0.15) is 101 Å². The van der Waals surface area contributed by atoms with Gasteiger partial charge >= 0.3 is 5.97 Å². The van der Waals surface area contributed by atoms with Crippen LogP contribution in [-0.2, 0) is 47.9 Å². The summed E-state index contributed by atoms with van der Waals surface area (Å²) in [5, 5.41) is 58.7. The first kappa shape index (κ1) is 62.8. The highest BCUT2D eigenvalue weighted by Gasteiger charge is 2.41. The molecule has 9 amide bonds. The van der Waals surface area contributed by atoms with Gasteiger partial charge < -0.3 is 85.1 Å². The number of hydrogen-bond acceptors (Lipinski definition) is 15. The van der Waals surface area contributed by atoms with Gasteiger partial charge in [-0.2, -0.15) is 0 Å². The molecule has 0 radical (unpaired) electrons. The second kappa shape index (κ2) is 30.5. The smallest absolute Gasteiger partial charge is 0.325 e. The van der Waals surface area contributed by atoms with Crippen molar-refractivity contribution in [2.24, 2.45) is 39.9 Å². The summed E-state index contributed by atoms with van der Waals surface area (Å²) in [5.74, 6) is -10.0. The number of nitrogens with zero attached hydrogens (tertiary/aromatic N) is 2. The first-order valence-corrected chi connectivity index (χ1v) is 23.7. The molecule has 27 heteroatoms. The summed E-state index contributed by atoms with van der Waals surface area (Å²) in [6.07, 6.45) is -0.470. The summed E-state index contributed by atoms with van der Waals surface area (Å²) in [6.45, 7) is 12.5. The molecule has 0 aromatic rings. The molecule has 1 aliphatic heterocycles. The van der Waals surface area contributed by atoms with E-state index in [4.69, 9.17) is 17.2 Å². The Morgan fingerprint density at radius 3 is 1.63 bits per heavy atom. The maximum atomic E-state index is 14.2. The quantitative estimate of drug-likeness (QED) is 0.0181. The molecule has 71 heavy (non-hydrogen) atoms. The van der Waals surface area contributed by atoms with Crippen LogP contribution < -0.4 is 59.7 Å². The first-order valence-electron chi connectivity index (χ1n) is 23.7. The van der Waals surface area contributed by atoms with Gasteiger partial charge in [0.1, 0.15) is 60.4 Å². The maximum absolute atomic E-state index is 14.2. The van der Waals surface area contributed by atoms with Crippen molar-refractivity contribution in [3.05, 3.63) is 0 Å². The van der Waals surface area contributed by atoms with E-state index in [1.165, 1.54) is 25.7 Å². The van der Waals surface area contributed by atoms with Gasteiger partial charge in [-0.3, -0.25) is 52.9 Å². The number of carbonyl (C=O) groups is 10. The highest BCUT2D eigenvalue weighted by atomic mass is 16.4. The second-order valence-corrected chi connectivity index (χ2v) is 18.9. The Hall–Kier alpha value is -6.19. The van der Waals surface area contributed by atoms with Crippen molar-refractivity contribution in [2.45, 2.75) is 167 Å². The molecule has 18 N–H and O–H groups in total. The van der Waals surface area contributed by atoms with Crippen LogP contribution >= 0.6 is 0 Å². The Kier molecular flexibility index (Phi) is 27.0. The van der Waals surface area contributed by atoms with Crippen molar-refractivity contribution in [1.82, 2.24) is 47.4 Å². The monoisotopic (exact) mass is 1010 g/mol. The third-order valence-electron chi connectivity index (χ3n) is 11.2. The number of aliphatic carboxylic acids is 1. The SMILES string of the molecule is CC(C)C[C@H](NC(=O)[C@@H](NC(=O)[C@H](C)NC(=O)[C@H](CO)NC(=O)[C@@H](NC(=O)[C@@H]1CCCN1C(=O)[C@H](CC(C)C)NC(=O)[C@H](CCCN=C(N)N)NC(=O)[C@@H](N)CO)C(C)C)[C@@H](C)O)C(=O)N[C@@H](C)C(=O)O. The van der Waals surface area contributed by atoms with Gasteiger partial charge in [-0.25, -0.2) is 0 Å². The second-order valence-electron chi connectivity index (χ2n) is 18.9. The molecular weight excluding hydrogens is 935 g/mol. The summed E-state index contributed by atoms with van der Waals surface area (Å²) in [5.41, 5.74) is 16.5. The molecule has 11 atom stereocenters. The lowest BCUT2D eigenvalue weighted by atomic mass is 10.00. The normalized spacial score (nSPS) is 17.7. The van der Waals surface area contributed by atoms with E-state index in [-0.39, 0.29) is 63.0 Å². The molecule has 1 aliphatic rings. The van der Waals surface area contributed by atoms with Crippen LogP contribution in [-0.4, -0.2) is 183 Å². The number of aliphatic imine (C=N–C) groups is 1. The van der Waals surface area contributed by atoms with E-state index < -0.39 is 145 Å². The van der Waals surface area contributed by atoms with Crippen LogP contribution in [0.3, 0.4) is 0 Å². The minimum absolute atomic E-state index is 0.0307. The van der Waals surface area contributed by atoms with E-state index in [9.17, 15) is 68.4 Å². The number of amides is 9. The molecule has 0 spiro atoms. The Balaban J connectivity index is 3.16. The zero-order valence-electron chi connectivity index (χ0n) is 42.2. The van der Waals surface area contributed by atoms with Gasteiger partial charge in [0.2, 0.25) is 53.2 Å². The van der Waals surface area contributed by atoms with Gasteiger partial charge in [0.15, 0.2) is 5.96 Å². The van der Waals surface area contributed by atoms with Crippen molar-refractivity contribution in [3.8, 4) is 0 Å². The molecule has 0 bridgehead atoms. The van der Waals surface area contributed by atoms with E-state index in [1.807, 2.05) is 13.8 Å². The molecule has 1 rings (SSSR count). The van der Waals surface area contributed by atoms with Gasteiger partial charge in [-0.05, 0) is 77.0 Å². The molecular formula is C44H79N13O14. The number of carboxylic acid groups (broad SMARTS) is 1. The van der Waals surface area contributed by atoms with E-state index in [2.05, 4.69) is 47.5 Å². The molecule has 0 aromatic carbocycles. The Morgan fingerprint density at radius 1 is 0.606 bits per heavy atom. The van der Waals surface area contributed by atoms with Crippen LogP contribution in [0.2, 0.25) is 0 Å². The molecule has 1 saturated heterocycles. The Bertz CT molecular complexity index is 1880. The highest BCUT2D eigenvalue weighted by molar-refractivity contribution is 5.98. The predicted octanol–water partition coefficient (Wildman–Crippen LogP) is -5.53. The van der Waals surface area contributed by atoms with Gasteiger partial charge in [-0.1, -0.05) is 41.5 Å².